The van der Waals surface area contributed by atoms with Gasteiger partial charge in [0.05, 0.1) is 28.8 Å². The number of aromatic hydroxyl groups is 1. The molecule has 1 N–H and O–H groups in total. The lowest BCUT2D eigenvalue weighted by Crippen LogP contribution is -2.60. The largest absolute Gasteiger partial charge is 0.508 e. The SMILES string of the molecule is CCN(CC)C1CN(c2nc(N3CCN(CCCF)CC3)c3cnc(-c4cc(O)cc5ccc(F)c(F)c45)c(C(F)F)c3n2)C1. The number of piperazine rings is 1. The Morgan fingerprint density at radius 3 is 2.40 bits per heavy atom. The number of nitrogens with zero attached hydrogens (tertiary/aromatic N) is 7. The first-order chi connectivity index (χ1) is 21.7. The molecule has 240 valence electrons. The fraction of sp³-hybridized carbons (Fsp3) is 0.469. The van der Waals surface area contributed by atoms with Crippen LogP contribution in [0.25, 0.3) is 32.9 Å². The van der Waals surface area contributed by atoms with Gasteiger partial charge in [-0.15, -0.1) is 0 Å². The zero-order valence-corrected chi connectivity index (χ0v) is 25.3. The highest BCUT2D eigenvalue weighted by Crippen LogP contribution is 2.42. The van der Waals surface area contributed by atoms with Crippen molar-refractivity contribution in [3.05, 3.63) is 47.7 Å². The highest BCUT2D eigenvalue weighted by molar-refractivity contribution is 6.02. The number of likely N-dealkylation sites (N-methyl/N-ethyl adjacent to an activating group) is 1. The lowest BCUT2D eigenvalue weighted by atomic mass is 9.96. The lowest BCUT2D eigenvalue weighted by molar-refractivity contribution is 0.153. The van der Waals surface area contributed by atoms with Gasteiger partial charge in [-0.25, -0.2) is 22.5 Å². The molecular formula is C32H36F5N7O. The van der Waals surface area contributed by atoms with Crippen molar-refractivity contribution in [2.75, 3.05) is 75.4 Å². The molecule has 13 heteroatoms. The Hall–Kier alpha value is -3.84. The third-order valence-corrected chi connectivity index (χ3v) is 8.97. The van der Waals surface area contributed by atoms with Gasteiger partial charge in [0, 0.05) is 69.0 Å². The molecule has 0 bridgehead atoms. The van der Waals surface area contributed by atoms with Crippen molar-refractivity contribution in [1.29, 1.82) is 0 Å². The number of hydrogen-bond donors (Lipinski definition) is 1. The van der Waals surface area contributed by atoms with Gasteiger partial charge in [-0.2, -0.15) is 4.98 Å². The van der Waals surface area contributed by atoms with Gasteiger partial charge in [-0.1, -0.05) is 19.9 Å². The molecule has 2 aliphatic rings. The summed E-state index contributed by atoms with van der Waals surface area (Å²) in [4.78, 5) is 22.4. The van der Waals surface area contributed by atoms with Gasteiger partial charge < -0.3 is 14.9 Å². The van der Waals surface area contributed by atoms with Crippen LogP contribution in [0, 0.1) is 11.6 Å². The molecule has 2 aliphatic heterocycles. The van der Waals surface area contributed by atoms with E-state index < -0.39 is 23.6 Å². The fourth-order valence-electron chi connectivity index (χ4n) is 6.51. The standard InChI is InChI=1S/C32H36F5N7O/c1-3-42(4-2)20-17-44(18-20)32-39-29-23(31(40-32)43-12-10-41(11-13-43)9-5-8-33)16-38-28(26(29)30(36)37)22-15-21(45)14-19-6-7-24(34)27(35)25(19)22/h6-7,14-16,20,30,45H,3-5,8-13,17-18H2,1-2H3. The van der Waals surface area contributed by atoms with Crippen LogP contribution >= 0.6 is 0 Å². The molecule has 0 atom stereocenters. The third kappa shape index (κ3) is 5.83. The Morgan fingerprint density at radius 2 is 1.73 bits per heavy atom. The molecule has 0 unspecified atom stereocenters. The van der Waals surface area contributed by atoms with E-state index in [1.807, 2.05) is 9.80 Å². The second-order valence-corrected chi connectivity index (χ2v) is 11.5. The summed E-state index contributed by atoms with van der Waals surface area (Å²) in [6, 6.07) is 4.84. The number of benzene rings is 2. The maximum atomic E-state index is 15.2. The van der Waals surface area contributed by atoms with E-state index in [9.17, 15) is 13.9 Å². The zero-order chi connectivity index (χ0) is 31.8. The molecule has 0 radical (unpaired) electrons. The highest BCUT2D eigenvalue weighted by Gasteiger charge is 2.34. The van der Waals surface area contributed by atoms with E-state index in [1.54, 1.807) is 0 Å². The average Bonchev–Trinajstić information content (AvgIpc) is 3.02. The highest BCUT2D eigenvalue weighted by atomic mass is 19.3. The topological polar surface area (TPSA) is 71.9 Å². The van der Waals surface area contributed by atoms with Crippen LogP contribution in [0.4, 0.5) is 33.7 Å². The Kier molecular flexibility index (Phi) is 8.91. The number of aromatic nitrogens is 3. The molecule has 2 aromatic heterocycles. The summed E-state index contributed by atoms with van der Waals surface area (Å²) >= 11 is 0. The van der Waals surface area contributed by atoms with Crippen LogP contribution in [-0.4, -0.2) is 101 Å². The van der Waals surface area contributed by atoms with Crippen LogP contribution in [0.1, 0.15) is 32.3 Å². The quantitative estimate of drug-likeness (QED) is 0.222. The minimum absolute atomic E-state index is 0.0329. The molecule has 2 saturated heterocycles. The number of halogens is 5. The van der Waals surface area contributed by atoms with E-state index in [4.69, 9.17) is 4.98 Å². The average molecular weight is 630 g/mol. The molecule has 4 heterocycles. The van der Waals surface area contributed by atoms with Gasteiger partial charge in [0.2, 0.25) is 5.95 Å². The molecule has 2 aromatic carbocycles. The maximum absolute atomic E-state index is 15.2. The van der Waals surface area contributed by atoms with E-state index >= 15 is 13.2 Å². The summed E-state index contributed by atoms with van der Waals surface area (Å²) in [5.41, 5.74) is -1.03. The van der Waals surface area contributed by atoms with Crippen molar-refractivity contribution in [1.82, 2.24) is 24.8 Å². The Balaban J connectivity index is 1.51. The molecule has 0 spiro atoms. The summed E-state index contributed by atoms with van der Waals surface area (Å²) in [7, 11) is 0. The van der Waals surface area contributed by atoms with Gasteiger partial charge in [0.1, 0.15) is 11.6 Å². The first kappa shape index (κ1) is 31.2. The van der Waals surface area contributed by atoms with E-state index in [-0.39, 0.29) is 46.0 Å². The Labute approximate surface area is 258 Å². The summed E-state index contributed by atoms with van der Waals surface area (Å²) in [6.45, 7) is 9.86. The summed E-state index contributed by atoms with van der Waals surface area (Å²) in [5, 5.41) is 10.6. The molecule has 8 nitrogen and oxygen atoms in total. The van der Waals surface area contributed by atoms with Crippen LogP contribution in [0.2, 0.25) is 0 Å². The lowest BCUT2D eigenvalue weighted by Gasteiger charge is -2.45. The van der Waals surface area contributed by atoms with E-state index in [0.717, 1.165) is 25.2 Å². The number of anilines is 2. The third-order valence-electron chi connectivity index (χ3n) is 8.97. The Bertz CT molecular complexity index is 1690. The summed E-state index contributed by atoms with van der Waals surface area (Å²) in [6.07, 6.45) is -1.24. The second kappa shape index (κ2) is 12.9. The monoisotopic (exact) mass is 629 g/mol. The zero-order valence-electron chi connectivity index (χ0n) is 25.3. The first-order valence-corrected chi connectivity index (χ1v) is 15.4. The van der Waals surface area contributed by atoms with Gasteiger partial charge >= 0.3 is 0 Å². The van der Waals surface area contributed by atoms with Crippen LogP contribution in [0.15, 0.2) is 30.5 Å². The van der Waals surface area contributed by atoms with Crippen molar-refractivity contribution < 1.29 is 27.1 Å². The number of rotatable bonds is 10. The molecule has 2 fully saturated rings. The molecule has 0 saturated carbocycles. The van der Waals surface area contributed by atoms with Crippen LogP contribution in [-0.2, 0) is 0 Å². The minimum atomic E-state index is -3.09. The number of pyridine rings is 1. The molecule has 0 amide bonds. The number of phenolic OH excluding ortho intramolecular Hbond substituents is 1. The van der Waals surface area contributed by atoms with Crippen molar-refractivity contribution >= 4 is 33.4 Å². The van der Waals surface area contributed by atoms with Crippen molar-refractivity contribution in [3.63, 3.8) is 0 Å². The Morgan fingerprint density at radius 1 is 1.00 bits per heavy atom. The summed E-state index contributed by atoms with van der Waals surface area (Å²) in [5.74, 6) is -1.90. The molecule has 4 aromatic rings. The minimum Gasteiger partial charge on any atom is -0.508 e. The molecular weight excluding hydrogens is 593 g/mol. The van der Waals surface area contributed by atoms with Gasteiger partial charge in [-0.3, -0.25) is 19.2 Å². The number of hydrogen-bond acceptors (Lipinski definition) is 8. The van der Waals surface area contributed by atoms with Crippen LogP contribution in [0.5, 0.6) is 5.75 Å². The van der Waals surface area contributed by atoms with E-state index in [1.165, 1.54) is 18.3 Å². The van der Waals surface area contributed by atoms with Gasteiger partial charge in [0.15, 0.2) is 11.6 Å². The summed E-state index contributed by atoms with van der Waals surface area (Å²) < 4.78 is 72.6. The molecule has 0 aliphatic carbocycles. The second-order valence-electron chi connectivity index (χ2n) is 11.5. The van der Waals surface area contributed by atoms with Gasteiger partial charge in [-0.05, 0) is 43.1 Å². The van der Waals surface area contributed by atoms with Gasteiger partial charge in [0.25, 0.3) is 6.43 Å². The fourth-order valence-corrected chi connectivity index (χ4v) is 6.51. The first-order valence-electron chi connectivity index (χ1n) is 15.4. The normalized spacial score (nSPS) is 16.5. The van der Waals surface area contributed by atoms with E-state index in [0.29, 0.717) is 69.4 Å². The molecule has 6 rings (SSSR count). The number of alkyl halides is 3. The predicted molar refractivity (Wildman–Crippen MR) is 165 cm³/mol. The van der Waals surface area contributed by atoms with Crippen molar-refractivity contribution in [2.24, 2.45) is 0 Å². The predicted octanol–water partition coefficient (Wildman–Crippen LogP) is 5.78. The van der Waals surface area contributed by atoms with E-state index in [2.05, 4.69) is 33.6 Å². The molecule has 45 heavy (non-hydrogen) atoms. The van der Waals surface area contributed by atoms with Crippen molar-refractivity contribution in [2.45, 2.75) is 32.7 Å². The number of fused-ring (bicyclic) bond motifs is 2. The smallest absolute Gasteiger partial charge is 0.268 e. The van der Waals surface area contributed by atoms with Crippen LogP contribution in [0.3, 0.4) is 0 Å². The maximum Gasteiger partial charge on any atom is 0.268 e. The van der Waals surface area contributed by atoms with Crippen molar-refractivity contribution in [3.8, 4) is 17.0 Å². The van der Waals surface area contributed by atoms with Crippen LogP contribution < -0.4 is 9.80 Å². The number of phenols is 1.